The van der Waals surface area contributed by atoms with Gasteiger partial charge < -0.3 is 27.9 Å². The Bertz CT molecular complexity index is 5210. The van der Waals surface area contributed by atoms with Crippen molar-refractivity contribution in [3.05, 3.63) is 364 Å². The predicted molar refractivity (Wildman–Crippen MR) is 497 cm³/mol. The first kappa shape index (κ1) is 92.8. The Morgan fingerprint density at radius 1 is 0.496 bits per heavy atom. The monoisotopic (exact) mass is 1900 g/mol. The van der Waals surface area contributed by atoms with Gasteiger partial charge >= 0.3 is 35.0 Å². The molecule has 0 fully saturated rings. The number of terminal acetylenes is 1. The van der Waals surface area contributed by atoms with Crippen LogP contribution in [0.5, 0.6) is 0 Å². The number of H-pyrrole nitrogens is 2. The molecule has 2 atom stereocenters. The number of carbonyl (C=O) groups is 4. The number of nitrogens with one attached hydrogen (secondary N) is 4. The number of thiophene rings is 2. The van der Waals surface area contributed by atoms with Crippen molar-refractivity contribution in [3.8, 4) is 24.2 Å². The summed E-state index contributed by atoms with van der Waals surface area (Å²) in [5, 5.41) is 29.4. The Morgan fingerprint density at radius 3 is 1.14 bits per heavy atom. The van der Waals surface area contributed by atoms with Gasteiger partial charge in [-0.2, -0.15) is 0 Å². The fraction of sp³-hybridized carbons (Fsp3) is 0.132. The van der Waals surface area contributed by atoms with Crippen LogP contribution in [-0.4, -0.2) is 102 Å². The number of aromatic nitrogens is 8. The molecule has 0 saturated heterocycles. The van der Waals surface area contributed by atoms with Crippen molar-refractivity contribution in [3.63, 3.8) is 0 Å². The van der Waals surface area contributed by atoms with E-state index in [0.29, 0.717) is 47.4 Å². The second kappa shape index (κ2) is 48.2. The third kappa shape index (κ3) is 26.4. The number of fused-ring (bicyclic) bond motifs is 2. The number of thioether (sulfide) groups is 2. The van der Waals surface area contributed by atoms with Crippen molar-refractivity contribution >= 4 is 169 Å². The number of hydrogen-bond acceptors (Lipinski definition) is 14. The molecule has 14 aromatic rings. The summed E-state index contributed by atoms with van der Waals surface area (Å²) in [4.78, 5) is 74.5. The number of hydrogen-bond donors (Lipinski definition) is 4. The maximum absolute atomic E-state index is 13.2. The van der Waals surface area contributed by atoms with E-state index in [2.05, 4.69) is 280 Å². The minimum absolute atomic E-state index is 0. The van der Waals surface area contributed by atoms with Crippen molar-refractivity contribution in [2.75, 3.05) is 35.4 Å². The van der Waals surface area contributed by atoms with Gasteiger partial charge in [0.2, 0.25) is 11.6 Å². The first-order chi connectivity index (χ1) is 55.7. The molecule has 0 radical (unpaired) electrons. The molecular formula is C91H86Cl2IN12O4P2PdS4-. The molecule has 16 nitrogen and oxygen atoms in total. The number of halogens is 3. The number of aromatic amines is 2. The first-order valence-corrected chi connectivity index (χ1v) is 46.8. The standard InChI is InChI=1S/C26H22N6O2S2.C19H18IN5O2S2.2C18H15P.C7H5N.2CH4.CH3.2ClH.Pd/c1-16-20(12-11-18-10-6-7-13-27-18)36-26-22(16)35-15-19(25(34)32(26)2)28-24(33)23-29-21(30-31-23)14-17-8-4-3-5-9-17;1-10-14-19(29-15(10)20)25(2)18(27)12(9-28-14)21-17(26)16-22-13(23-24-16)8-11-6-4-3-5-7-11;2*1-4-10-16(11-5-1)19(17-12-6-2-7-13-17)18-14-8-3-9-15-18;1-2-7-5-3-4-6-8-7;;;;;;/h3-10,13,19H,14-15H2,1-2H3,(H,28,33)(H,29,30,31);3-7,12H,8-9H2,1-2H3,(H,21,26)(H,22,23,24);2*1-15H;1,3-6H;2*1H4;1H3;2*1H;/q;;;;;;;-1;;;+2/p-2/t19-;12-;;;;;;;;;/m00........./s1. The Balaban J connectivity index is 0.000000190. The number of pyridine rings is 2. The van der Waals surface area contributed by atoms with Gasteiger partial charge in [0.05, 0.1) is 7.76 Å². The van der Waals surface area contributed by atoms with E-state index in [1.807, 2.05) is 97.9 Å². The summed E-state index contributed by atoms with van der Waals surface area (Å²) in [6.45, 7) is 4.06. The van der Waals surface area contributed by atoms with Gasteiger partial charge in [-0.3, -0.25) is 29.4 Å². The van der Waals surface area contributed by atoms with Crippen molar-refractivity contribution < 1.29 is 35.1 Å². The van der Waals surface area contributed by atoms with Gasteiger partial charge in [0.25, 0.3) is 23.6 Å². The Kier molecular flexibility index (Phi) is 38.2. The zero-order valence-corrected chi connectivity index (χ0v) is 73.2. The average molecular weight is 1910 g/mol. The van der Waals surface area contributed by atoms with Crippen molar-refractivity contribution in [2.45, 2.75) is 63.4 Å². The van der Waals surface area contributed by atoms with Crippen LogP contribution in [0.25, 0.3) is 0 Å². The smallest absolute Gasteiger partial charge is 0.0134 e. The van der Waals surface area contributed by atoms with Crippen LogP contribution in [-0.2, 0) is 38.4 Å². The molecule has 4 N–H and O–H groups in total. The van der Waals surface area contributed by atoms with Crippen LogP contribution in [0.4, 0.5) is 10.0 Å². The molecule has 0 spiro atoms. The molecule has 8 heterocycles. The Hall–Kier alpha value is -9.73. The number of amides is 4. The van der Waals surface area contributed by atoms with E-state index in [1.165, 1.54) is 63.4 Å². The van der Waals surface area contributed by atoms with Crippen LogP contribution < -0.4 is 52.3 Å². The van der Waals surface area contributed by atoms with Crippen molar-refractivity contribution in [1.29, 1.82) is 0 Å². The molecule has 16 rings (SSSR count). The van der Waals surface area contributed by atoms with E-state index in [4.69, 9.17) is 25.5 Å². The van der Waals surface area contributed by atoms with E-state index in [9.17, 15) is 19.2 Å². The first-order valence-electron chi connectivity index (χ1n) is 35.5. The molecule has 0 unspecified atom stereocenters. The molecule has 8 aromatic carbocycles. The van der Waals surface area contributed by atoms with Crippen molar-refractivity contribution in [2.24, 2.45) is 0 Å². The Morgan fingerprint density at radius 2 is 0.812 bits per heavy atom. The SMILES string of the molecule is C.C.C#Cc1ccccn1.Cc1c(C#Cc2ccccn2)sc2c1SC[C@H](NC(=O)c1n[nH]c(Cc3ccccc3)n1)C(=O)N2C.Cc1c(I)sc2c1SC[C@H](NC(=O)c1n[nH]c(Cc3ccccc3)n1)C(=O)N2C.[CH3-].[Cl][Pd][Cl].c1ccc(P(c2ccccc2)c2ccccc2)cc1.c1ccc(P(c2ccccc2)c2ccccc2)cc1. The molecule has 600 valence electrons. The number of benzene rings is 8. The second-order valence-electron chi connectivity index (χ2n) is 24.9. The third-order valence-electron chi connectivity index (χ3n) is 17.1. The molecule has 0 saturated carbocycles. The van der Waals surface area contributed by atoms with Gasteiger partial charge in [-0.05, 0) is 142 Å². The van der Waals surface area contributed by atoms with Crippen LogP contribution >= 0.6 is 104 Å². The van der Waals surface area contributed by atoms with E-state index in [1.54, 1.807) is 65.5 Å². The van der Waals surface area contributed by atoms with Gasteiger partial charge in [-0.15, -0.1) is 62.8 Å². The molecule has 2 aliphatic heterocycles. The molecule has 0 bridgehead atoms. The minimum Gasteiger partial charge on any atom is -0.0622 e. The molecule has 2 aliphatic rings. The number of rotatable bonds is 14. The summed E-state index contributed by atoms with van der Waals surface area (Å²) in [7, 11) is 12.2. The third-order valence-corrected chi connectivity index (χ3v) is 28.8. The van der Waals surface area contributed by atoms with E-state index < -0.39 is 39.7 Å². The summed E-state index contributed by atoms with van der Waals surface area (Å²) in [5.41, 5.74) is 5.72. The quantitative estimate of drug-likeness (QED) is 0.0264. The number of anilines is 2. The topological polar surface area (TPSA) is 208 Å². The Labute approximate surface area is 734 Å². The van der Waals surface area contributed by atoms with Crippen LogP contribution in [0, 0.1) is 48.3 Å². The second-order valence-corrected chi connectivity index (χ2v) is 37.6. The fourth-order valence-corrected chi connectivity index (χ4v) is 22.1. The molecule has 0 aliphatic carbocycles. The summed E-state index contributed by atoms with van der Waals surface area (Å²) in [5.74, 6) is 9.54. The van der Waals surface area contributed by atoms with Gasteiger partial charge in [0, 0.05) is 60.6 Å². The van der Waals surface area contributed by atoms with Gasteiger partial charge in [-0.1, -0.05) is 276 Å². The molecule has 6 aromatic heterocycles. The van der Waals surface area contributed by atoms with E-state index in [0.717, 1.165) is 41.4 Å². The van der Waals surface area contributed by atoms with Crippen LogP contribution in [0.2, 0.25) is 0 Å². The predicted octanol–water partition coefficient (Wildman–Crippen LogP) is 17.7. The van der Waals surface area contributed by atoms with Crippen molar-refractivity contribution in [1.82, 2.24) is 51.0 Å². The number of likely N-dealkylation sites (N-methyl/N-ethyl adjacent to an activating group) is 2. The number of carbonyl (C=O) groups excluding carboxylic acids is 4. The van der Waals surface area contributed by atoms with Gasteiger partial charge in [-0.25, -0.2) is 19.9 Å². The average Bonchev–Trinajstić information content (AvgIpc) is 1.72. The zero-order valence-electron chi connectivity index (χ0n) is 63.0. The van der Waals surface area contributed by atoms with Gasteiger partial charge in [0.15, 0.2) is 0 Å². The van der Waals surface area contributed by atoms with Crippen LogP contribution in [0.1, 0.15) is 86.3 Å². The van der Waals surface area contributed by atoms with E-state index >= 15 is 0 Å². The number of nitrogens with zero attached hydrogens (tertiary/aromatic N) is 8. The zero-order chi connectivity index (χ0) is 80.0. The fourth-order valence-electron chi connectivity index (χ4n) is 11.5. The van der Waals surface area contributed by atoms with E-state index in [-0.39, 0.29) is 61.7 Å². The van der Waals surface area contributed by atoms with Gasteiger partial charge in [0.1, 0.15) is 45.1 Å². The normalized spacial score (nSPS) is 12.9. The summed E-state index contributed by atoms with van der Waals surface area (Å²) in [6.07, 6.45) is 9.51. The maximum Gasteiger partial charge on any atom is -0.0134 e. The summed E-state index contributed by atoms with van der Waals surface area (Å²) >= 11 is 8.39. The summed E-state index contributed by atoms with van der Waals surface area (Å²) in [6, 6.07) is 94.0. The molecule has 4 amide bonds. The molecular weight excluding hydrogens is 1820 g/mol. The minimum atomic E-state index is -0.703. The molecule has 26 heteroatoms. The van der Waals surface area contributed by atoms with Crippen LogP contribution in [0.3, 0.4) is 0 Å². The molecule has 117 heavy (non-hydrogen) atoms. The largest absolute Gasteiger partial charge is 0.0622 e. The van der Waals surface area contributed by atoms with Crippen LogP contribution in [0.15, 0.2) is 301 Å². The summed E-state index contributed by atoms with van der Waals surface area (Å²) < 4.78 is 1.17. The maximum atomic E-state index is 13.2.